The zero-order chi connectivity index (χ0) is 17.4. The van der Waals surface area contributed by atoms with Crippen molar-refractivity contribution in [1.29, 1.82) is 0 Å². The number of hydrogen-bond donors (Lipinski definition) is 3. The Hall–Kier alpha value is -1.99. The number of benzene rings is 1. The van der Waals surface area contributed by atoms with Gasteiger partial charge in [0.2, 0.25) is 11.8 Å². The monoisotopic (exact) mass is 336 g/mol. The molecule has 0 spiro atoms. The Labute approximate surface area is 141 Å². The average Bonchev–Trinajstić information content (AvgIpc) is 2.59. The second-order valence-electron chi connectivity index (χ2n) is 6.06. The first-order valence-corrected chi connectivity index (χ1v) is 8.29. The van der Waals surface area contributed by atoms with Crippen molar-refractivity contribution in [3.63, 3.8) is 0 Å². The Balaban J connectivity index is 1.74. The van der Waals surface area contributed by atoms with E-state index in [-0.39, 0.29) is 30.1 Å². The number of nitrogens with zero attached hydrogens (tertiary/aromatic N) is 1. The van der Waals surface area contributed by atoms with Crippen LogP contribution in [0.15, 0.2) is 24.3 Å². The van der Waals surface area contributed by atoms with Gasteiger partial charge in [0, 0.05) is 26.2 Å². The highest BCUT2D eigenvalue weighted by Crippen LogP contribution is 2.16. The Morgan fingerprint density at radius 3 is 2.71 bits per heavy atom. The van der Waals surface area contributed by atoms with Crippen LogP contribution >= 0.6 is 0 Å². The predicted octanol–water partition coefficient (Wildman–Crippen LogP) is 0.229. The lowest BCUT2D eigenvalue weighted by Crippen LogP contribution is -2.47. The van der Waals surface area contributed by atoms with Gasteiger partial charge in [-0.25, -0.2) is 4.39 Å². The number of amides is 2. The van der Waals surface area contributed by atoms with Crippen LogP contribution in [0.3, 0.4) is 0 Å². The molecule has 1 aliphatic heterocycles. The first kappa shape index (κ1) is 18.4. The van der Waals surface area contributed by atoms with Crippen molar-refractivity contribution in [3.05, 3.63) is 35.6 Å². The summed E-state index contributed by atoms with van der Waals surface area (Å²) in [5.41, 5.74) is 6.24. The maximum Gasteiger partial charge on any atom is 0.234 e. The molecule has 4 N–H and O–H groups in total. The molecule has 1 fully saturated rings. The summed E-state index contributed by atoms with van der Waals surface area (Å²) in [4.78, 5) is 26.1. The molecule has 7 heteroatoms. The molecule has 1 aromatic rings. The Morgan fingerprint density at radius 2 is 2.00 bits per heavy atom. The molecule has 0 bridgehead atoms. The van der Waals surface area contributed by atoms with E-state index in [0.29, 0.717) is 26.2 Å². The number of rotatable bonds is 7. The molecule has 24 heavy (non-hydrogen) atoms. The molecule has 1 aliphatic rings. The number of carbonyl (C=O) groups excluding carboxylic acids is 2. The van der Waals surface area contributed by atoms with Crippen LogP contribution in [0.4, 0.5) is 4.39 Å². The van der Waals surface area contributed by atoms with Crippen LogP contribution in [0.2, 0.25) is 0 Å². The van der Waals surface area contributed by atoms with Crippen molar-refractivity contribution < 1.29 is 14.0 Å². The van der Waals surface area contributed by atoms with Crippen LogP contribution in [0.1, 0.15) is 18.4 Å². The van der Waals surface area contributed by atoms with Gasteiger partial charge < -0.3 is 16.4 Å². The lowest BCUT2D eigenvalue weighted by molar-refractivity contribution is -0.128. The van der Waals surface area contributed by atoms with Gasteiger partial charge in [0.1, 0.15) is 5.82 Å². The molecule has 0 aliphatic carbocycles. The lowest BCUT2D eigenvalue weighted by atomic mass is 9.97. The predicted molar refractivity (Wildman–Crippen MR) is 89.5 cm³/mol. The van der Waals surface area contributed by atoms with Gasteiger partial charge >= 0.3 is 0 Å². The van der Waals surface area contributed by atoms with Gasteiger partial charge in [-0.3, -0.25) is 14.5 Å². The number of hydrogen-bond acceptors (Lipinski definition) is 4. The van der Waals surface area contributed by atoms with Crippen molar-refractivity contribution in [3.8, 4) is 0 Å². The molecular formula is C17H25FN4O2. The van der Waals surface area contributed by atoms with Gasteiger partial charge in [0.05, 0.1) is 12.5 Å². The largest absolute Gasteiger partial charge is 0.355 e. The number of piperidine rings is 1. The van der Waals surface area contributed by atoms with Crippen LogP contribution < -0.4 is 16.4 Å². The molecule has 1 heterocycles. The van der Waals surface area contributed by atoms with Crippen molar-refractivity contribution >= 4 is 11.8 Å². The molecule has 1 atom stereocenters. The minimum Gasteiger partial charge on any atom is -0.355 e. The van der Waals surface area contributed by atoms with Crippen molar-refractivity contribution in [2.24, 2.45) is 11.7 Å². The molecule has 0 saturated carbocycles. The van der Waals surface area contributed by atoms with Gasteiger partial charge in [-0.2, -0.15) is 0 Å². The second kappa shape index (κ2) is 9.34. The van der Waals surface area contributed by atoms with E-state index in [1.165, 1.54) is 12.1 Å². The number of halogens is 1. The summed E-state index contributed by atoms with van der Waals surface area (Å²) in [7, 11) is 0. The van der Waals surface area contributed by atoms with Crippen LogP contribution in [-0.2, 0) is 16.1 Å². The molecule has 132 valence electrons. The van der Waals surface area contributed by atoms with Crippen LogP contribution in [0.25, 0.3) is 0 Å². The summed E-state index contributed by atoms with van der Waals surface area (Å²) >= 11 is 0. The fourth-order valence-electron chi connectivity index (χ4n) is 2.81. The maximum absolute atomic E-state index is 12.8. The Kier molecular flexibility index (Phi) is 7.14. The van der Waals surface area contributed by atoms with E-state index in [2.05, 4.69) is 10.6 Å². The third-order valence-corrected chi connectivity index (χ3v) is 4.09. The molecule has 1 unspecified atom stereocenters. The normalized spacial score (nSPS) is 18.2. The van der Waals surface area contributed by atoms with Crippen molar-refractivity contribution in [2.75, 3.05) is 32.7 Å². The van der Waals surface area contributed by atoms with Gasteiger partial charge in [-0.1, -0.05) is 12.1 Å². The van der Waals surface area contributed by atoms with Gasteiger partial charge in [-0.15, -0.1) is 0 Å². The fourth-order valence-corrected chi connectivity index (χ4v) is 2.81. The topological polar surface area (TPSA) is 87.5 Å². The standard InChI is InChI=1S/C17H25FN4O2/c18-15-5-3-13(4-6-15)10-21-16(23)12-22-9-1-2-14(11-22)17(24)20-8-7-19/h3-6,14H,1-2,7-12,19H2,(H,20,24)(H,21,23). The van der Waals surface area contributed by atoms with Gasteiger partial charge in [0.25, 0.3) is 0 Å². The summed E-state index contributed by atoms with van der Waals surface area (Å²) in [6, 6.07) is 6.04. The van der Waals surface area contributed by atoms with E-state index in [1.54, 1.807) is 12.1 Å². The molecule has 1 aromatic carbocycles. The highest BCUT2D eigenvalue weighted by Gasteiger charge is 2.26. The highest BCUT2D eigenvalue weighted by molar-refractivity contribution is 5.80. The summed E-state index contributed by atoms with van der Waals surface area (Å²) in [5, 5.41) is 5.63. The van der Waals surface area contributed by atoms with E-state index in [0.717, 1.165) is 24.9 Å². The van der Waals surface area contributed by atoms with E-state index in [4.69, 9.17) is 5.73 Å². The summed E-state index contributed by atoms with van der Waals surface area (Å²) in [6.45, 7) is 2.93. The molecule has 6 nitrogen and oxygen atoms in total. The molecule has 0 aromatic heterocycles. The number of likely N-dealkylation sites (tertiary alicyclic amines) is 1. The van der Waals surface area contributed by atoms with Crippen molar-refractivity contribution in [1.82, 2.24) is 15.5 Å². The first-order valence-electron chi connectivity index (χ1n) is 8.29. The molecule has 2 rings (SSSR count). The minimum absolute atomic E-state index is 0.0110. The van der Waals surface area contributed by atoms with E-state index < -0.39 is 0 Å². The van der Waals surface area contributed by atoms with Crippen molar-refractivity contribution in [2.45, 2.75) is 19.4 Å². The first-order chi connectivity index (χ1) is 11.6. The third kappa shape index (κ3) is 5.90. The number of nitrogens with two attached hydrogens (primary N) is 1. The zero-order valence-corrected chi connectivity index (χ0v) is 13.8. The van der Waals surface area contributed by atoms with Crippen LogP contribution in [0.5, 0.6) is 0 Å². The van der Waals surface area contributed by atoms with E-state index in [1.807, 2.05) is 4.90 Å². The van der Waals surface area contributed by atoms with E-state index >= 15 is 0 Å². The van der Waals surface area contributed by atoms with E-state index in [9.17, 15) is 14.0 Å². The average molecular weight is 336 g/mol. The number of carbonyl (C=O) groups is 2. The summed E-state index contributed by atoms with van der Waals surface area (Å²) in [5.74, 6) is -0.466. The van der Waals surface area contributed by atoms with Gasteiger partial charge in [0.15, 0.2) is 0 Å². The smallest absolute Gasteiger partial charge is 0.234 e. The SMILES string of the molecule is NCCNC(=O)C1CCCN(CC(=O)NCc2ccc(F)cc2)C1. The molecule has 2 amide bonds. The number of nitrogens with one attached hydrogen (secondary N) is 2. The third-order valence-electron chi connectivity index (χ3n) is 4.09. The molecule has 0 radical (unpaired) electrons. The van der Waals surface area contributed by atoms with Crippen LogP contribution in [-0.4, -0.2) is 49.4 Å². The summed E-state index contributed by atoms with van der Waals surface area (Å²) in [6.07, 6.45) is 1.73. The second-order valence-corrected chi connectivity index (χ2v) is 6.06. The van der Waals surface area contributed by atoms with Crippen LogP contribution in [0, 0.1) is 11.7 Å². The Morgan fingerprint density at radius 1 is 1.25 bits per heavy atom. The Bertz CT molecular complexity index is 550. The zero-order valence-electron chi connectivity index (χ0n) is 13.8. The fraction of sp³-hybridized carbons (Fsp3) is 0.529. The highest BCUT2D eigenvalue weighted by atomic mass is 19.1. The quantitative estimate of drug-likeness (QED) is 0.665. The maximum atomic E-state index is 12.8. The molecular weight excluding hydrogens is 311 g/mol. The van der Waals surface area contributed by atoms with Gasteiger partial charge in [-0.05, 0) is 37.1 Å². The lowest BCUT2D eigenvalue weighted by Gasteiger charge is -2.31. The summed E-state index contributed by atoms with van der Waals surface area (Å²) < 4.78 is 12.8. The minimum atomic E-state index is -0.294. The molecule has 1 saturated heterocycles.